The zero-order valence-electron chi connectivity index (χ0n) is 15.7. The molecule has 27 heavy (non-hydrogen) atoms. The maximum absolute atomic E-state index is 13.2. The Kier molecular flexibility index (Phi) is 10.0. The van der Waals surface area contributed by atoms with Gasteiger partial charge in [-0.05, 0) is 55.3 Å². The molecule has 0 aliphatic rings. The molecule has 0 aliphatic heterocycles. The van der Waals surface area contributed by atoms with Gasteiger partial charge in [-0.2, -0.15) is 11.3 Å². The minimum Gasteiger partial charge on any atom is -0.489 e. The summed E-state index contributed by atoms with van der Waals surface area (Å²) in [6, 6.07) is 7.97. The Labute approximate surface area is 181 Å². The molecule has 0 fully saturated rings. The van der Waals surface area contributed by atoms with Gasteiger partial charge in [-0.3, -0.25) is 0 Å². The number of aliphatic hydroxyl groups is 1. The highest BCUT2D eigenvalue weighted by molar-refractivity contribution is 14.0. The zero-order valence-corrected chi connectivity index (χ0v) is 18.9. The van der Waals surface area contributed by atoms with Gasteiger partial charge in [-0.15, -0.1) is 24.0 Å². The van der Waals surface area contributed by atoms with Gasteiger partial charge in [0.1, 0.15) is 23.3 Å². The molecule has 0 spiro atoms. The molecule has 0 aliphatic carbocycles. The molecule has 0 saturated carbocycles. The number of aliphatic imine (C=N–C) groups is 1. The van der Waals surface area contributed by atoms with E-state index in [0.29, 0.717) is 24.8 Å². The number of rotatable bonds is 8. The van der Waals surface area contributed by atoms with Crippen LogP contribution in [0.4, 0.5) is 4.39 Å². The van der Waals surface area contributed by atoms with Crippen LogP contribution in [0.1, 0.15) is 26.3 Å². The molecule has 0 radical (unpaired) electrons. The smallest absolute Gasteiger partial charge is 0.191 e. The quantitative estimate of drug-likeness (QED) is 0.290. The molecule has 0 bridgehead atoms. The first-order chi connectivity index (χ1) is 12.4. The topological polar surface area (TPSA) is 65.9 Å². The Bertz CT molecular complexity index is 711. The third-order valence-electron chi connectivity index (χ3n) is 3.72. The number of nitrogens with zero attached hydrogens (tertiary/aromatic N) is 1. The van der Waals surface area contributed by atoms with Gasteiger partial charge in [0.15, 0.2) is 5.96 Å². The zero-order chi connectivity index (χ0) is 19.0. The Morgan fingerprint density at radius 3 is 2.78 bits per heavy atom. The lowest BCUT2D eigenvalue weighted by Gasteiger charge is -2.22. The molecule has 0 saturated heterocycles. The van der Waals surface area contributed by atoms with Crippen LogP contribution in [-0.2, 0) is 5.60 Å². The largest absolute Gasteiger partial charge is 0.489 e. The van der Waals surface area contributed by atoms with Crippen molar-refractivity contribution in [1.82, 2.24) is 10.6 Å². The third kappa shape index (κ3) is 8.02. The summed E-state index contributed by atoms with van der Waals surface area (Å²) in [5, 5.41) is 20.8. The number of ether oxygens (including phenoxy) is 1. The summed E-state index contributed by atoms with van der Waals surface area (Å²) in [5.41, 5.74) is -0.170. The number of halogens is 2. The molecule has 2 atom stereocenters. The highest BCUT2D eigenvalue weighted by Crippen LogP contribution is 2.23. The van der Waals surface area contributed by atoms with Crippen molar-refractivity contribution in [1.29, 1.82) is 0 Å². The van der Waals surface area contributed by atoms with Gasteiger partial charge in [0, 0.05) is 12.6 Å². The summed E-state index contributed by atoms with van der Waals surface area (Å²) in [4.78, 5) is 4.47. The van der Waals surface area contributed by atoms with Gasteiger partial charge < -0.3 is 20.5 Å². The van der Waals surface area contributed by atoms with E-state index in [0.717, 1.165) is 5.56 Å². The van der Waals surface area contributed by atoms with Crippen molar-refractivity contribution >= 4 is 41.3 Å². The summed E-state index contributed by atoms with van der Waals surface area (Å²) < 4.78 is 18.9. The van der Waals surface area contributed by atoms with Crippen molar-refractivity contribution in [3.8, 4) is 5.75 Å². The van der Waals surface area contributed by atoms with E-state index in [1.807, 2.05) is 30.7 Å². The maximum atomic E-state index is 13.2. The van der Waals surface area contributed by atoms with Crippen molar-refractivity contribution in [2.45, 2.75) is 32.5 Å². The van der Waals surface area contributed by atoms with Crippen molar-refractivity contribution in [3.05, 3.63) is 52.5 Å². The van der Waals surface area contributed by atoms with E-state index in [4.69, 9.17) is 4.74 Å². The van der Waals surface area contributed by atoms with Gasteiger partial charge >= 0.3 is 0 Å². The van der Waals surface area contributed by atoms with Crippen LogP contribution in [0.3, 0.4) is 0 Å². The summed E-state index contributed by atoms with van der Waals surface area (Å²) >= 11 is 1.54. The maximum Gasteiger partial charge on any atom is 0.191 e. The van der Waals surface area contributed by atoms with Crippen LogP contribution in [0.5, 0.6) is 5.75 Å². The van der Waals surface area contributed by atoms with Crippen LogP contribution < -0.4 is 15.4 Å². The fourth-order valence-corrected chi connectivity index (χ4v) is 3.07. The van der Waals surface area contributed by atoms with E-state index in [-0.39, 0.29) is 42.4 Å². The second-order valence-electron chi connectivity index (χ2n) is 6.25. The highest BCUT2D eigenvalue weighted by Gasteiger charge is 2.23. The first-order valence-electron chi connectivity index (χ1n) is 8.60. The summed E-state index contributed by atoms with van der Waals surface area (Å²) in [5.74, 6) is 0.757. The Hall–Kier alpha value is -1.39. The lowest BCUT2D eigenvalue weighted by molar-refractivity contribution is 0.0677. The standard InChI is InChI=1S/C19H26FN3O2S.HI/c1-4-21-18(23-13-19(3,24)15-8-9-26-12-15)22-11-14(2)25-17-7-5-6-16(20)10-17;/h5-10,12,14,24H,4,11,13H2,1-3H3,(H2,21,22,23);1H. The Morgan fingerprint density at radius 2 is 2.15 bits per heavy atom. The molecule has 1 heterocycles. The fourth-order valence-electron chi connectivity index (χ4n) is 2.29. The second kappa shape index (κ2) is 11.5. The van der Waals surface area contributed by atoms with E-state index >= 15 is 0 Å². The normalized spacial score (nSPS) is 14.6. The Balaban J connectivity index is 0.00000364. The first-order valence-corrected chi connectivity index (χ1v) is 9.54. The van der Waals surface area contributed by atoms with Crippen LogP contribution >= 0.6 is 35.3 Å². The summed E-state index contributed by atoms with van der Waals surface area (Å²) in [6.07, 6.45) is -0.182. The summed E-state index contributed by atoms with van der Waals surface area (Å²) in [7, 11) is 0. The average Bonchev–Trinajstić information content (AvgIpc) is 3.13. The van der Waals surface area contributed by atoms with Crippen molar-refractivity contribution in [2.75, 3.05) is 19.6 Å². The molecule has 2 rings (SSSR count). The van der Waals surface area contributed by atoms with Crippen molar-refractivity contribution in [2.24, 2.45) is 4.99 Å². The number of hydrogen-bond donors (Lipinski definition) is 3. The van der Waals surface area contributed by atoms with Gasteiger partial charge in [0.05, 0.1) is 13.1 Å². The van der Waals surface area contributed by atoms with Crippen molar-refractivity contribution in [3.63, 3.8) is 0 Å². The van der Waals surface area contributed by atoms with Gasteiger partial charge in [-0.1, -0.05) is 6.07 Å². The van der Waals surface area contributed by atoms with E-state index < -0.39 is 5.60 Å². The van der Waals surface area contributed by atoms with E-state index in [1.165, 1.54) is 12.1 Å². The molecule has 1 aromatic carbocycles. The molecule has 8 heteroatoms. The van der Waals surface area contributed by atoms with Gasteiger partial charge in [0.25, 0.3) is 0 Å². The Morgan fingerprint density at radius 1 is 1.37 bits per heavy atom. The first kappa shape index (κ1) is 23.6. The van der Waals surface area contributed by atoms with Gasteiger partial charge in [0.2, 0.25) is 0 Å². The average molecular weight is 507 g/mol. The van der Waals surface area contributed by atoms with E-state index in [2.05, 4.69) is 15.6 Å². The van der Waals surface area contributed by atoms with Crippen LogP contribution in [-0.4, -0.2) is 36.8 Å². The molecule has 5 nitrogen and oxygen atoms in total. The van der Waals surface area contributed by atoms with E-state index in [1.54, 1.807) is 30.4 Å². The molecular formula is C19H27FIN3O2S. The predicted octanol–water partition coefficient (Wildman–Crippen LogP) is 3.74. The molecular weight excluding hydrogens is 480 g/mol. The molecule has 1 aromatic heterocycles. The molecule has 150 valence electrons. The minimum absolute atomic E-state index is 0. The molecule has 2 unspecified atom stereocenters. The number of guanidine groups is 1. The monoisotopic (exact) mass is 507 g/mol. The van der Waals surface area contributed by atoms with Crippen LogP contribution in [0.25, 0.3) is 0 Å². The highest BCUT2D eigenvalue weighted by atomic mass is 127. The second-order valence-corrected chi connectivity index (χ2v) is 7.03. The molecule has 3 N–H and O–H groups in total. The van der Waals surface area contributed by atoms with E-state index in [9.17, 15) is 9.50 Å². The van der Waals surface area contributed by atoms with Gasteiger partial charge in [-0.25, -0.2) is 9.38 Å². The number of nitrogens with one attached hydrogen (secondary N) is 2. The van der Waals surface area contributed by atoms with Crippen LogP contribution in [0, 0.1) is 5.82 Å². The molecule has 2 aromatic rings. The lowest BCUT2D eigenvalue weighted by Crippen LogP contribution is -2.42. The minimum atomic E-state index is -1.02. The number of hydrogen-bond acceptors (Lipinski definition) is 4. The SMILES string of the molecule is CCNC(=NCC(C)(O)c1ccsc1)NCC(C)Oc1cccc(F)c1.I. The number of benzene rings is 1. The summed E-state index contributed by atoms with van der Waals surface area (Å²) in [6.45, 7) is 7.04. The fraction of sp³-hybridized carbons (Fsp3) is 0.421. The van der Waals surface area contributed by atoms with Crippen LogP contribution in [0.2, 0.25) is 0 Å². The number of thiophene rings is 1. The molecule has 0 amide bonds. The van der Waals surface area contributed by atoms with Crippen molar-refractivity contribution < 1.29 is 14.2 Å². The lowest BCUT2D eigenvalue weighted by atomic mass is 10.00. The third-order valence-corrected chi connectivity index (χ3v) is 4.41. The van der Waals surface area contributed by atoms with Crippen LogP contribution in [0.15, 0.2) is 46.1 Å². The predicted molar refractivity (Wildman–Crippen MR) is 120 cm³/mol.